The van der Waals surface area contributed by atoms with Crippen LogP contribution in [0, 0.1) is 6.92 Å². The molecule has 8 heteroatoms. The van der Waals surface area contributed by atoms with Gasteiger partial charge in [0.05, 0.1) is 19.7 Å². The van der Waals surface area contributed by atoms with Crippen molar-refractivity contribution in [1.29, 1.82) is 0 Å². The van der Waals surface area contributed by atoms with Crippen molar-refractivity contribution in [3.05, 3.63) is 58.6 Å². The van der Waals surface area contributed by atoms with Gasteiger partial charge in [-0.05, 0) is 49.2 Å². The first-order valence-electron chi connectivity index (χ1n) is 8.88. The third-order valence-electron chi connectivity index (χ3n) is 4.36. The Morgan fingerprint density at radius 3 is 2.43 bits per heavy atom. The van der Waals surface area contributed by atoms with E-state index in [9.17, 15) is 13.2 Å². The predicted octanol–water partition coefficient (Wildman–Crippen LogP) is 3.55. The first kappa shape index (κ1) is 22.2. The van der Waals surface area contributed by atoms with Crippen molar-refractivity contribution in [2.24, 2.45) is 0 Å². The number of nitrogens with zero attached hydrogens (tertiary/aromatic N) is 1. The van der Waals surface area contributed by atoms with Crippen LogP contribution in [0.4, 0.5) is 0 Å². The van der Waals surface area contributed by atoms with Gasteiger partial charge in [0.1, 0.15) is 10.6 Å². The Morgan fingerprint density at radius 2 is 1.86 bits per heavy atom. The molecule has 0 aliphatic rings. The van der Waals surface area contributed by atoms with E-state index in [2.05, 4.69) is 5.32 Å². The molecule has 0 radical (unpaired) electrons. The number of nitrogens with one attached hydrogen (secondary N) is 1. The zero-order valence-electron chi connectivity index (χ0n) is 16.4. The summed E-state index contributed by atoms with van der Waals surface area (Å²) in [5.41, 5.74) is 1.67. The molecule has 0 saturated heterocycles. The normalized spacial score (nSPS) is 12.6. The highest BCUT2D eigenvalue weighted by Gasteiger charge is 2.28. The number of likely N-dealkylation sites (N-methyl/N-ethyl adjacent to an activating group) is 1. The highest BCUT2D eigenvalue weighted by molar-refractivity contribution is 7.89. The van der Waals surface area contributed by atoms with Gasteiger partial charge in [-0.1, -0.05) is 36.7 Å². The Kier molecular flexibility index (Phi) is 7.46. The monoisotopic (exact) mass is 424 g/mol. The van der Waals surface area contributed by atoms with E-state index < -0.39 is 10.0 Å². The summed E-state index contributed by atoms with van der Waals surface area (Å²) in [5, 5.41) is 3.43. The number of benzene rings is 2. The summed E-state index contributed by atoms with van der Waals surface area (Å²) in [5.74, 6) is -0.140. The molecule has 28 heavy (non-hydrogen) atoms. The van der Waals surface area contributed by atoms with E-state index >= 15 is 0 Å². The number of halogens is 1. The van der Waals surface area contributed by atoms with Gasteiger partial charge in [-0.25, -0.2) is 8.42 Å². The van der Waals surface area contributed by atoms with E-state index in [1.807, 2.05) is 19.1 Å². The molecule has 1 atom stereocenters. The van der Waals surface area contributed by atoms with Crippen LogP contribution in [-0.2, 0) is 14.8 Å². The molecule has 152 valence electrons. The van der Waals surface area contributed by atoms with Crippen LogP contribution < -0.4 is 10.1 Å². The van der Waals surface area contributed by atoms with E-state index in [1.54, 1.807) is 44.2 Å². The Bertz CT molecular complexity index is 930. The minimum atomic E-state index is -3.89. The number of aryl methyl sites for hydroxylation is 1. The first-order chi connectivity index (χ1) is 13.2. The van der Waals surface area contributed by atoms with Crippen molar-refractivity contribution in [1.82, 2.24) is 9.62 Å². The summed E-state index contributed by atoms with van der Waals surface area (Å²) in [4.78, 5) is 12.5. The standard InChI is InChI=1S/C20H25ClN2O4S/c1-5-23(28(25,26)19-12-14(2)6-11-18(19)27-4)13-20(24)22-15(3)16-7-9-17(21)10-8-16/h6-12,15H,5,13H2,1-4H3,(H,22,24). The molecule has 1 N–H and O–H groups in total. The Balaban J connectivity index is 2.17. The van der Waals surface area contributed by atoms with Gasteiger partial charge in [-0.15, -0.1) is 0 Å². The number of sulfonamides is 1. The van der Waals surface area contributed by atoms with Crippen LogP contribution in [-0.4, -0.2) is 38.8 Å². The van der Waals surface area contributed by atoms with Gasteiger partial charge in [-0.2, -0.15) is 4.31 Å². The number of rotatable bonds is 8. The van der Waals surface area contributed by atoms with Crippen LogP contribution in [0.5, 0.6) is 5.75 Å². The van der Waals surface area contributed by atoms with Crippen molar-refractivity contribution in [2.45, 2.75) is 31.7 Å². The van der Waals surface area contributed by atoms with Crippen LogP contribution >= 0.6 is 11.6 Å². The number of carbonyl (C=O) groups excluding carboxylic acids is 1. The lowest BCUT2D eigenvalue weighted by molar-refractivity contribution is -0.121. The van der Waals surface area contributed by atoms with Gasteiger partial charge in [0.25, 0.3) is 0 Å². The van der Waals surface area contributed by atoms with E-state index in [-0.39, 0.29) is 35.7 Å². The lowest BCUT2D eigenvalue weighted by Gasteiger charge is -2.23. The fraction of sp³-hybridized carbons (Fsp3) is 0.350. The molecular formula is C20H25ClN2O4S. The van der Waals surface area contributed by atoms with Crippen LogP contribution in [0.2, 0.25) is 5.02 Å². The average Bonchev–Trinajstić information content (AvgIpc) is 2.66. The highest BCUT2D eigenvalue weighted by atomic mass is 35.5. The van der Waals surface area contributed by atoms with Gasteiger partial charge in [0, 0.05) is 11.6 Å². The second-order valence-corrected chi connectivity index (χ2v) is 8.77. The van der Waals surface area contributed by atoms with E-state index in [1.165, 1.54) is 7.11 Å². The van der Waals surface area contributed by atoms with E-state index in [4.69, 9.17) is 16.3 Å². The summed E-state index contributed by atoms with van der Waals surface area (Å²) in [6.07, 6.45) is 0. The maximum atomic E-state index is 13.1. The largest absolute Gasteiger partial charge is 0.495 e. The Hall–Kier alpha value is -2.09. The fourth-order valence-corrected chi connectivity index (χ4v) is 4.55. The van der Waals surface area contributed by atoms with Crippen LogP contribution in [0.25, 0.3) is 0 Å². The maximum absolute atomic E-state index is 13.1. The summed E-state index contributed by atoms with van der Waals surface area (Å²) in [6.45, 7) is 5.19. The third-order valence-corrected chi connectivity index (χ3v) is 6.55. The number of hydrogen-bond acceptors (Lipinski definition) is 4. The molecule has 2 aromatic rings. The maximum Gasteiger partial charge on any atom is 0.247 e. The van der Waals surface area contributed by atoms with Crippen LogP contribution in [0.15, 0.2) is 47.4 Å². The average molecular weight is 425 g/mol. The van der Waals surface area contributed by atoms with E-state index in [0.717, 1.165) is 15.4 Å². The first-order valence-corrected chi connectivity index (χ1v) is 10.7. The van der Waals surface area contributed by atoms with Crippen molar-refractivity contribution in [3.63, 3.8) is 0 Å². The predicted molar refractivity (Wildman–Crippen MR) is 110 cm³/mol. The lowest BCUT2D eigenvalue weighted by atomic mass is 10.1. The SMILES string of the molecule is CCN(CC(=O)NC(C)c1ccc(Cl)cc1)S(=O)(=O)c1cc(C)ccc1OC. The molecule has 0 spiro atoms. The molecule has 0 aliphatic carbocycles. The summed E-state index contributed by atoms with van der Waals surface area (Å²) < 4.78 is 32.5. The molecule has 0 bridgehead atoms. The van der Waals surface area contributed by atoms with Crippen molar-refractivity contribution >= 4 is 27.5 Å². The molecule has 6 nitrogen and oxygen atoms in total. The Labute approximate surface area is 171 Å². The number of amides is 1. The Morgan fingerprint density at radius 1 is 1.21 bits per heavy atom. The second kappa shape index (κ2) is 9.41. The molecule has 0 aromatic heterocycles. The van der Waals surface area contributed by atoms with Gasteiger partial charge in [-0.3, -0.25) is 4.79 Å². The zero-order chi connectivity index (χ0) is 20.9. The molecule has 2 aromatic carbocycles. The molecule has 0 heterocycles. The van der Waals surface area contributed by atoms with Crippen molar-refractivity contribution < 1.29 is 17.9 Å². The van der Waals surface area contributed by atoms with Gasteiger partial charge in [0.2, 0.25) is 15.9 Å². The molecule has 2 rings (SSSR count). The van der Waals surface area contributed by atoms with Gasteiger partial charge >= 0.3 is 0 Å². The van der Waals surface area contributed by atoms with Crippen molar-refractivity contribution in [2.75, 3.05) is 20.2 Å². The summed E-state index contributed by atoms with van der Waals surface area (Å²) >= 11 is 5.88. The van der Waals surface area contributed by atoms with Crippen LogP contribution in [0.3, 0.4) is 0 Å². The molecule has 1 unspecified atom stereocenters. The smallest absolute Gasteiger partial charge is 0.247 e. The second-order valence-electron chi connectivity index (χ2n) is 6.43. The molecule has 0 aliphatic heterocycles. The minimum absolute atomic E-state index is 0.0513. The number of hydrogen-bond donors (Lipinski definition) is 1. The number of methoxy groups -OCH3 is 1. The van der Waals surface area contributed by atoms with Crippen LogP contribution in [0.1, 0.15) is 31.0 Å². The van der Waals surface area contributed by atoms with Crippen molar-refractivity contribution in [3.8, 4) is 5.75 Å². The summed E-state index contributed by atoms with van der Waals surface area (Å²) in [7, 11) is -2.47. The molecule has 0 fully saturated rings. The molecular weight excluding hydrogens is 400 g/mol. The topological polar surface area (TPSA) is 75.7 Å². The number of carbonyl (C=O) groups is 1. The van der Waals surface area contributed by atoms with Gasteiger partial charge < -0.3 is 10.1 Å². The quantitative estimate of drug-likeness (QED) is 0.703. The molecule has 0 saturated carbocycles. The van der Waals surface area contributed by atoms with Gasteiger partial charge in [0.15, 0.2) is 0 Å². The lowest BCUT2D eigenvalue weighted by Crippen LogP contribution is -2.41. The third kappa shape index (κ3) is 5.25. The zero-order valence-corrected chi connectivity index (χ0v) is 18.0. The fourth-order valence-electron chi connectivity index (χ4n) is 2.77. The number of ether oxygens (including phenoxy) is 1. The summed E-state index contributed by atoms with van der Waals surface area (Å²) in [6, 6.07) is 11.8. The molecule has 1 amide bonds. The minimum Gasteiger partial charge on any atom is -0.495 e. The van der Waals surface area contributed by atoms with E-state index in [0.29, 0.717) is 5.02 Å². The highest BCUT2D eigenvalue weighted by Crippen LogP contribution is 2.27.